The minimum Gasteiger partial charge on any atom is -0.322 e. The van der Waals surface area contributed by atoms with Crippen LogP contribution in [0.4, 0.5) is 14.5 Å². The molecule has 2 aromatic carbocycles. The number of benzene rings is 2. The molecule has 0 aliphatic rings. The van der Waals surface area contributed by atoms with Crippen molar-refractivity contribution in [3.63, 3.8) is 0 Å². The summed E-state index contributed by atoms with van der Waals surface area (Å²) in [5.74, 6) is -2.50. The smallest absolute Gasteiger partial charge is 0.257 e. The molecule has 0 atom stereocenters. The van der Waals surface area contributed by atoms with Gasteiger partial charge in [0, 0.05) is 24.8 Å². The van der Waals surface area contributed by atoms with Crippen LogP contribution in [0.3, 0.4) is 0 Å². The van der Waals surface area contributed by atoms with Crippen LogP contribution in [-0.4, -0.2) is 31.7 Å². The van der Waals surface area contributed by atoms with Crippen LogP contribution >= 0.6 is 11.6 Å². The lowest BCUT2D eigenvalue weighted by Gasteiger charge is -2.19. The molecule has 5 nitrogen and oxygen atoms in total. The van der Waals surface area contributed by atoms with Gasteiger partial charge in [0.05, 0.1) is 15.5 Å². The number of amides is 1. The van der Waals surface area contributed by atoms with E-state index in [2.05, 4.69) is 5.32 Å². The van der Waals surface area contributed by atoms with Gasteiger partial charge in [0.1, 0.15) is 11.6 Å². The number of carbonyl (C=O) groups is 1. The third kappa shape index (κ3) is 4.38. The van der Waals surface area contributed by atoms with E-state index < -0.39 is 27.6 Å². The van der Waals surface area contributed by atoms with E-state index in [1.165, 1.54) is 16.4 Å². The van der Waals surface area contributed by atoms with Crippen molar-refractivity contribution in [3.05, 3.63) is 58.6 Å². The van der Waals surface area contributed by atoms with Crippen LogP contribution in [0.25, 0.3) is 0 Å². The maximum atomic E-state index is 13.2. The highest BCUT2D eigenvalue weighted by Crippen LogP contribution is 2.24. The van der Waals surface area contributed by atoms with Crippen LogP contribution in [-0.2, 0) is 10.0 Å². The maximum Gasteiger partial charge on any atom is 0.257 e. The first-order chi connectivity index (χ1) is 12.2. The molecule has 0 heterocycles. The monoisotopic (exact) mass is 402 g/mol. The predicted octanol–water partition coefficient (Wildman–Crippen LogP) is 3.90. The second kappa shape index (κ2) is 8.11. The first-order valence-corrected chi connectivity index (χ1v) is 9.58. The van der Waals surface area contributed by atoms with Crippen molar-refractivity contribution in [1.29, 1.82) is 0 Å². The summed E-state index contributed by atoms with van der Waals surface area (Å²) in [7, 11) is -3.79. The van der Waals surface area contributed by atoms with E-state index in [4.69, 9.17) is 11.6 Å². The number of halogens is 3. The number of sulfonamides is 1. The Morgan fingerprint density at radius 1 is 1.08 bits per heavy atom. The average Bonchev–Trinajstić information content (AvgIpc) is 2.54. The Morgan fingerprint density at radius 3 is 2.19 bits per heavy atom. The Labute approximate surface area is 155 Å². The van der Waals surface area contributed by atoms with Crippen LogP contribution in [0, 0.1) is 11.6 Å². The van der Waals surface area contributed by atoms with E-state index in [0.29, 0.717) is 6.07 Å². The lowest BCUT2D eigenvalue weighted by Crippen LogP contribution is -2.30. The van der Waals surface area contributed by atoms with Crippen molar-refractivity contribution in [2.45, 2.75) is 18.7 Å². The molecule has 0 bridgehead atoms. The Balaban J connectivity index is 2.39. The number of rotatable bonds is 6. The van der Waals surface area contributed by atoms with Crippen molar-refractivity contribution < 1.29 is 22.0 Å². The molecule has 0 radical (unpaired) electrons. The van der Waals surface area contributed by atoms with E-state index >= 15 is 0 Å². The van der Waals surface area contributed by atoms with E-state index in [-0.39, 0.29) is 34.3 Å². The van der Waals surface area contributed by atoms with Gasteiger partial charge in [0.25, 0.3) is 5.91 Å². The van der Waals surface area contributed by atoms with Crippen molar-refractivity contribution >= 4 is 33.2 Å². The molecule has 0 unspecified atom stereocenters. The molecular weight excluding hydrogens is 386 g/mol. The fourth-order valence-corrected chi connectivity index (χ4v) is 4.06. The summed E-state index contributed by atoms with van der Waals surface area (Å²) in [6.45, 7) is 3.93. The van der Waals surface area contributed by atoms with Gasteiger partial charge in [0.2, 0.25) is 10.0 Å². The zero-order valence-electron chi connectivity index (χ0n) is 14.1. The van der Waals surface area contributed by atoms with E-state index in [0.717, 1.165) is 18.2 Å². The Kier molecular flexibility index (Phi) is 6.33. The molecular formula is C17H17ClF2N2O3S. The van der Waals surface area contributed by atoms with Crippen LogP contribution in [0.5, 0.6) is 0 Å². The van der Waals surface area contributed by atoms with Gasteiger partial charge >= 0.3 is 0 Å². The number of nitrogens with one attached hydrogen (secondary N) is 1. The molecule has 0 saturated heterocycles. The minimum absolute atomic E-state index is 0.0119. The predicted molar refractivity (Wildman–Crippen MR) is 95.9 cm³/mol. The number of nitrogens with zero attached hydrogens (tertiary/aromatic N) is 1. The van der Waals surface area contributed by atoms with Gasteiger partial charge < -0.3 is 5.32 Å². The quantitative estimate of drug-likeness (QED) is 0.796. The van der Waals surface area contributed by atoms with Gasteiger partial charge in [-0.3, -0.25) is 4.79 Å². The molecule has 2 aromatic rings. The Hall–Kier alpha value is -2.03. The fourth-order valence-electron chi connectivity index (χ4n) is 2.38. The van der Waals surface area contributed by atoms with E-state index in [1.807, 2.05) is 0 Å². The molecule has 1 amide bonds. The normalized spacial score (nSPS) is 11.6. The van der Waals surface area contributed by atoms with Crippen LogP contribution < -0.4 is 5.32 Å². The maximum absolute atomic E-state index is 13.2. The molecule has 0 spiro atoms. The Morgan fingerprint density at radius 2 is 1.65 bits per heavy atom. The molecule has 26 heavy (non-hydrogen) atoms. The average molecular weight is 403 g/mol. The molecule has 9 heteroatoms. The fraction of sp³-hybridized carbons (Fsp3) is 0.235. The third-order valence-electron chi connectivity index (χ3n) is 3.65. The Bertz CT molecular complexity index is 911. The standard InChI is InChI=1S/C17H17ClF2N2O3S/c1-3-22(4-2)26(24,25)14-5-6-16(18)15(10-14)17(23)21-13-8-11(19)7-12(20)9-13/h5-10H,3-4H2,1-2H3,(H,21,23). The number of hydrogen-bond donors (Lipinski definition) is 1. The van der Waals surface area contributed by atoms with Gasteiger partial charge in [0.15, 0.2) is 0 Å². The summed E-state index contributed by atoms with van der Waals surface area (Å²) in [6.07, 6.45) is 0. The van der Waals surface area contributed by atoms with E-state index in [1.54, 1.807) is 13.8 Å². The van der Waals surface area contributed by atoms with Gasteiger partial charge in [-0.15, -0.1) is 0 Å². The van der Waals surface area contributed by atoms with Crippen LogP contribution in [0.2, 0.25) is 5.02 Å². The van der Waals surface area contributed by atoms with Crippen LogP contribution in [0.15, 0.2) is 41.3 Å². The number of anilines is 1. The molecule has 2 rings (SSSR count). The summed E-state index contributed by atoms with van der Waals surface area (Å²) in [5, 5.41) is 2.32. The first kappa shape index (κ1) is 20.3. The molecule has 140 valence electrons. The SMILES string of the molecule is CCN(CC)S(=O)(=O)c1ccc(Cl)c(C(=O)Nc2cc(F)cc(F)c2)c1. The largest absolute Gasteiger partial charge is 0.322 e. The third-order valence-corrected chi connectivity index (χ3v) is 6.02. The molecule has 0 aromatic heterocycles. The summed E-state index contributed by atoms with van der Waals surface area (Å²) in [5.41, 5.74) is -0.231. The van der Waals surface area contributed by atoms with Gasteiger partial charge in [-0.1, -0.05) is 25.4 Å². The summed E-state index contributed by atoms with van der Waals surface area (Å²) in [6, 6.07) is 6.27. The summed E-state index contributed by atoms with van der Waals surface area (Å²) in [4.78, 5) is 12.3. The summed E-state index contributed by atoms with van der Waals surface area (Å²) >= 11 is 6.00. The molecule has 0 fully saturated rings. The van der Waals surface area contributed by atoms with Crippen molar-refractivity contribution in [3.8, 4) is 0 Å². The van der Waals surface area contributed by atoms with Gasteiger partial charge in [-0.25, -0.2) is 17.2 Å². The second-order valence-electron chi connectivity index (χ2n) is 5.34. The molecule has 1 N–H and O–H groups in total. The van der Waals surface area contributed by atoms with Crippen molar-refractivity contribution in [2.75, 3.05) is 18.4 Å². The molecule has 0 aliphatic carbocycles. The van der Waals surface area contributed by atoms with Crippen LogP contribution in [0.1, 0.15) is 24.2 Å². The van der Waals surface area contributed by atoms with E-state index in [9.17, 15) is 22.0 Å². The second-order valence-corrected chi connectivity index (χ2v) is 7.69. The first-order valence-electron chi connectivity index (χ1n) is 7.76. The minimum atomic E-state index is -3.79. The highest BCUT2D eigenvalue weighted by molar-refractivity contribution is 7.89. The lowest BCUT2D eigenvalue weighted by atomic mass is 10.2. The highest BCUT2D eigenvalue weighted by atomic mass is 35.5. The number of hydrogen-bond acceptors (Lipinski definition) is 3. The molecule has 0 aliphatic heterocycles. The van der Waals surface area contributed by atoms with Crippen molar-refractivity contribution in [2.24, 2.45) is 0 Å². The number of carbonyl (C=O) groups excluding carboxylic acids is 1. The zero-order chi connectivity index (χ0) is 19.5. The topological polar surface area (TPSA) is 66.5 Å². The van der Waals surface area contributed by atoms with Gasteiger partial charge in [-0.05, 0) is 30.3 Å². The lowest BCUT2D eigenvalue weighted by molar-refractivity contribution is 0.102. The zero-order valence-corrected chi connectivity index (χ0v) is 15.7. The summed E-state index contributed by atoms with van der Waals surface area (Å²) < 4.78 is 52.9. The molecule has 0 saturated carbocycles. The van der Waals surface area contributed by atoms with Crippen molar-refractivity contribution in [1.82, 2.24) is 4.31 Å². The highest BCUT2D eigenvalue weighted by Gasteiger charge is 2.24. The van der Waals surface area contributed by atoms with Gasteiger partial charge in [-0.2, -0.15) is 4.31 Å².